The van der Waals surface area contributed by atoms with Crippen molar-refractivity contribution in [2.75, 3.05) is 0 Å². The largest absolute Gasteiger partial charge is 0.302 e. The van der Waals surface area contributed by atoms with Crippen LogP contribution in [0.15, 0.2) is 48.9 Å². The molecule has 3 heteroatoms. The van der Waals surface area contributed by atoms with E-state index in [1.165, 1.54) is 5.56 Å². The van der Waals surface area contributed by atoms with E-state index >= 15 is 0 Å². The first-order valence-electron chi connectivity index (χ1n) is 5.84. The maximum atomic E-state index is 4.35. The molecule has 0 aliphatic rings. The Bertz CT molecular complexity index is 398. The molecule has 2 rings (SSSR count). The fraction of sp³-hybridized carbons (Fsp3) is 0.286. The van der Waals surface area contributed by atoms with Crippen LogP contribution in [0.4, 0.5) is 0 Å². The molecule has 2 aromatic rings. The minimum Gasteiger partial charge on any atom is -0.302 e. The highest BCUT2D eigenvalue weighted by Crippen LogP contribution is 2.16. The van der Waals surface area contributed by atoms with Crippen molar-refractivity contribution in [2.45, 2.75) is 25.9 Å². The van der Waals surface area contributed by atoms with Gasteiger partial charge in [0.25, 0.3) is 0 Å². The fourth-order valence-corrected chi connectivity index (χ4v) is 1.84. The summed E-state index contributed by atoms with van der Waals surface area (Å²) in [5.74, 6) is 0. The van der Waals surface area contributed by atoms with E-state index in [0.29, 0.717) is 0 Å². The van der Waals surface area contributed by atoms with E-state index in [2.05, 4.69) is 29.1 Å². The third kappa shape index (κ3) is 3.11. The first-order chi connectivity index (χ1) is 8.27. The van der Waals surface area contributed by atoms with E-state index in [-0.39, 0.29) is 12.1 Å². The Hall–Kier alpha value is -1.74. The smallest absolute Gasteiger partial charge is 0.0570 e. The van der Waals surface area contributed by atoms with Crippen LogP contribution in [-0.4, -0.2) is 9.97 Å². The quantitative estimate of drug-likeness (QED) is 0.872. The Morgan fingerprint density at radius 1 is 0.941 bits per heavy atom. The molecule has 17 heavy (non-hydrogen) atoms. The molecule has 88 valence electrons. The lowest BCUT2D eigenvalue weighted by Crippen LogP contribution is -2.23. The van der Waals surface area contributed by atoms with Crippen molar-refractivity contribution in [3.63, 3.8) is 0 Å². The monoisotopic (exact) mass is 227 g/mol. The summed E-state index contributed by atoms with van der Waals surface area (Å²) in [6.07, 6.45) is 5.46. The molecule has 0 saturated heterocycles. The van der Waals surface area contributed by atoms with Crippen LogP contribution in [0.2, 0.25) is 0 Å². The number of pyridine rings is 2. The molecule has 0 amide bonds. The molecule has 2 heterocycles. The molecule has 2 atom stereocenters. The highest BCUT2D eigenvalue weighted by Gasteiger charge is 2.11. The van der Waals surface area contributed by atoms with Gasteiger partial charge in [-0.2, -0.15) is 0 Å². The van der Waals surface area contributed by atoms with E-state index in [1.54, 1.807) is 0 Å². The standard InChI is InChI=1S/C14H17N3/c1-11(13-6-9-15-10-7-13)17-12(2)14-5-3-4-8-16-14/h3-12,17H,1-2H3/t11?,12-/m0/s1. The molecule has 0 bridgehead atoms. The predicted molar refractivity (Wildman–Crippen MR) is 68.4 cm³/mol. The van der Waals surface area contributed by atoms with E-state index < -0.39 is 0 Å². The molecule has 0 aliphatic carbocycles. The molecule has 0 aliphatic heterocycles. The number of hydrogen-bond acceptors (Lipinski definition) is 3. The Balaban J connectivity index is 2.02. The van der Waals surface area contributed by atoms with Gasteiger partial charge < -0.3 is 5.32 Å². The molecule has 3 nitrogen and oxygen atoms in total. The molecule has 0 spiro atoms. The van der Waals surface area contributed by atoms with Gasteiger partial charge in [0.15, 0.2) is 0 Å². The lowest BCUT2D eigenvalue weighted by molar-refractivity contribution is 0.486. The van der Waals surface area contributed by atoms with Gasteiger partial charge in [-0.05, 0) is 43.7 Å². The summed E-state index contributed by atoms with van der Waals surface area (Å²) < 4.78 is 0. The zero-order valence-corrected chi connectivity index (χ0v) is 10.2. The molecular formula is C14H17N3. The van der Waals surface area contributed by atoms with Crippen molar-refractivity contribution in [2.24, 2.45) is 0 Å². The van der Waals surface area contributed by atoms with Gasteiger partial charge in [0.05, 0.1) is 5.69 Å². The highest BCUT2D eigenvalue weighted by atomic mass is 15.0. The van der Waals surface area contributed by atoms with Crippen LogP contribution in [0.1, 0.15) is 37.2 Å². The second-order valence-electron chi connectivity index (χ2n) is 4.15. The normalized spacial score (nSPS) is 14.2. The first-order valence-corrected chi connectivity index (χ1v) is 5.84. The second kappa shape index (κ2) is 5.55. The third-order valence-electron chi connectivity index (χ3n) is 2.84. The summed E-state index contributed by atoms with van der Waals surface area (Å²) in [6.45, 7) is 4.27. The van der Waals surface area contributed by atoms with Gasteiger partial charge in [0.1, 0.15) is 0 Å². The van der Waals surface area contributed by atoms with E-state index in [1.807, 2.05) is 48.9 Å². The Morgan fingerprint density at radius 3 is 2.35 bits per heavy atom. The van der Waals surface area contributed by atoms with Crippen molar-refractivity contribution in [3.05, 3.63) is 60.2 Å². The molecule has 1 unspecified atom stereocenters. The summed E-state index contributed by atoms with van der Waals surface area (Å²) >= 11 is 0. The predicted octanol–water partition coefficient (Wildman–Crippen LogP) is 2.89. The number of aromatic nitrogens is 2. The van der Waals surface area contributed by atoms with Crippen LogP contribution in [-0.2, 0) is 0 Å². The summed E-state index contributed by atoms with van der Waals surface area (Å²) in [5, 5.41) is 3.52. The SMILES string of the molecule is CC(N[C@@H](C)c1ccccn1)c1ccncc1. The van der Waals surface area contributed by atoms with Crippen LogP contribution in [0.3, 0.4) is 0 Å². The number of rotatable bonds is 4. The lowest BCUT2D eigenvalue weighted by Gasteiger charge is -2.19. The van der Waals surface area contributed by atoms with Crippen LogP contribution in [0.25, 0.3) is 0 Å². The Morgan fingerprint density at radius 2 is 1.71 bits per heavy atom. The maximum Gasteiger partial charge on any atom is 0.0570 e. The maximum absolute atomic E-state index is 4.35. The van der Waals surface area contributed by atoms with Crippen molar-refractivity contribution in [1.29, 1.82) is 0 Å². The molecule has 1 N–H and O–H groups in total. The van der Waals surface area contributed by atoms with Crippen molar-refractivity contribution in [1.82, 2.24) is 15.3 Å². The van der Waals surface area contributed by atoms with Gasteiger partial charge >= 0.3 is 0 Å². The van der Waals surface area contributed by atoms with Crippen LogP contribution in [0.5, 0.6) is 0 Å². The minimum atomic E-state index is 0.236. The molecule has 0 radical (unpaired) electrons. The summed E-state index contributed by atoms with van der Waals surface area (Å²) in [7, 11) is 0. The van der Waals surface area contributed by atoms with Gasteiger partial charge in [-0.15, -0.1) is 0 Å². The van der Waals surface area contributed by atoms with Crippen molar-refractivity contribution in [3.8, 4) is 0 Å². The third-order valence-corrected chi connectivity index (χ3v) is 2.84. The van der Waals surface area contributed by atoms with Crippen LogP contribution in [0, 0.1) is 0 Å². The average molecular weight is 227 g/mol. The molecule has 0 aromatic carbocycles. The molecular weight excluding hydrogens is 210 g/mol. The summed E-state index contributed by atoms with van der Waals surface area (Å²) in [5.41, 5.74) is 2.30. The lowest BCUT2D eigenvalue weighted by atomic mass is 10.1. The van der Waals surface area contributed by atoms with Gasteiger partial charge in [0.2, 0.25) is 0 Å². The first kappa shape index (κ1) is 11.7. The Labute approximate surface area is 102 Å². The van der Waals surface area contributed by atoms with Gasteiger partial charge in [-0.1, -0.05) is 6.07 Å². The van der Waals surface area contributed by atoms with Gasteiger partial charge in [-0.25, -0.2) is 0 Å². The van der Waals surface area contributed by atoms with E-state index in [0.717, 1.165) is 5.69 Å². The average Bonchev–Trinajstić information content (AvgIpc) is 2.40. The van der Waals surface area contributed by atoms with Crippen LogP contribution < -0.4 is 5.32 Å². The van der Waals surface area contributed by atoms with Crippen molar-refractivity contribution >= 4 is 0 Å². The van der Waals surface area contributed by atoms with Crippen LogP contribution >= 0.6 is 0 Å². The molecule has 0 fully saturated rings. The second-order valence-corrected chi connectivity index (χ2v) is 4.15. The number of nitrogens with zero attached hydrogens (tertiary/aromatic N) is 2. The van der Waals surface area contributed by atoms with Gasteiger partial charge in [-0.3, -0.25) is 9.97 Å². The highest BCUT2D eigenvalue weighted by molar-refractivity contribution is 5.15. The van der Waals surface area contributed by atoms with E-state index in [4.69, 9.17) is 0 Å². The number of nitrogens with one attached hydrogen (secondary N) is 1. The van der Waals surface area contributed by atoms with Gasteiger partial charge in [0, 0.05) is 30.7 Å². The molecule has 2 aromatic heterocycles. The zero-order chi connectivity index (χ0) is 12.1. The molecule has 0 saturated carbocycles. The number of hydrogen-bond donors (Lipinski definition) is 1. The summed E-state index contributed by atoms with van der Waals surface area (Å²) in [6, 6.07) is 10.6. The Kier molecular flexibility index (Phi) is 3.83. The van der Waals surface area contributed by atoms with E-state index in [9.17, 15) is 0 Å². The minimum absolute atomic E-state index is 0.236. The fourth-order valence-electron chi connectivity index (χ4n) is 1.84. The topological polar surface area (TPSA) is 37.8 Å². The zero-order valence-electron chi connectivity index (χ0n) is 10.2. The van der Waals surface area contributed by atoms with Crippen molar-refractivity contribution < 1.29 is 0 Å². The summed E-state index contributed by atoms with van der Waals surface area (Å²) in [4.78, 5) is 8.38.